The van der Waals surface area contributed by atoms with Gasteiger partial charge in [-0.25, -0.2) is 9.79 Å². The summed E-state index contributed by atoms with van der Waals surface area (Å²) >= 11 is 1.35. The number of benzene rings is 2. The molecule has 0 saturated heterocycles. The molecule has 7 heteroatoms. The molecular weight excluding hydrogens is 518 g/mol. The first-order valence-corrected chi connectivity index (χ1v) is 14.5. The predicted octanol–water partition coefficient (Wildman–Crippen LogP) is 5.64. The van der Waals surface area contributed by atoms with Crippen molar-refractivity contribution in [2.24, 2.45) is 4.99 Å². The third kappa shape index (κ3) is 4.90. The number of fused-ring (bicyclic) bond motifs is 1. The average molecular weight is 554 g/mol. The Bertz CT molecular complexity index is 1800. The summed E-state index contributed by atoms with van der Waals surface area (Å²) in [6.45, 7) is 14.4. The van der Waals surface area contributed by atoms with Crippen molar-refractivity contribution in [3.63, 3.8) is 0 Å². The van der Waals surface area contributed by atoms with Gasteiger partial charge in [-0.3, -0.25) is 9.36 Å². The summed E-state index contributed by atoms with van der Waals surface area (Å²) in [7, 11) is 0. The first kappa shape index (κ1) is 27.6. The van der Waals surface area contributed by atoms with E-state index in [0.29, 0.717) is 26.5 Å². The van der Waals surface area contributed by atoms with Crippen LogP contribution in [-0.4, -0.2) is 21.7 Å². The molecule has 0 spiro atoms. The molecule has 1 aliphatic rings. The highest BCUT2D eigenvalue weighted by Crippen LogP contribution is 2.31. The van der Waals surface area contributed by atoms with Crippen LogP contribution in [0.2, 0.25) is 0 Å². The van der Waals surface area contributed by atoms with Gasteiger partial charge in [-0.2, -0.15) is 0 Å². The van der Waals surface area contributed by atoms with Gasteiger partial charge in [-0.15, -0.1) is 0 Å². The second-order valence-corrected chi connectivity index (χ2v) is 11.6. The van der Waals surface area contributed by atoms with E-state index in [1.54, 1.807) is 11.5 Å². The maximum absolute atomic E-state index is 14.0. The highest BCUT2D eigenvalue weighted by atomic mass is 32.1. The fraction of sp³-hybridized carbons (Fsp3) is 0.303. The summed E-state index contributed by atoms with van der Waals surface area (Å²) in [5.41, 5.74) is 8.25. The molecule has 2 aromatic carbocycles. The molecule has 6 nitrogen and oxygen atoms in total. The number of ether oxygens (including phenoxy) is 1. The molecule has 0 unspecified atom stereocenters. The van der Waals surface area contributed by atoms with E-state index in [1.807, 2.05) is 44.2 Å². The van der Waals surface area contributed by atoms with Gasteiger partial charge >= 0.3 is 5.97 Å². The van der Waals surface area contributed by atoms with Crippen molar-refractivity contribution in [2.45, 2.75) is 60.4 Å². The lowest BCUT2D eigenvalue weighted by Crippen LogP contribution is -2.39. The number of hydrogen-bond acceptors (Lipinski definition) is 5. The molecule has 0 radical (unpaired) electrons. The van der Waals surface area contributed by atoms with Gasteiger partial charge in [0.2, 0.25) is 0 Å². The monoisotopic (exact) mass is 553 g/mol. The smallest absolute Gasteiger partial charge is 0.338 e. The van der Waals surface area contributed by atoms with Crippen LogP contribution in [0.3, 0.4) is 0 Å². The van der Waals surface area contributed by atoms with E-state index in [0.717, 1.165) is 33.8 Å². The number of allylic oxidation sites excluding steroid dienone is 1. The van der Waals surface area contributed by atoms with Crippen molar-refractivity contribution in [1.82, 2.24) is 9.13 Å². The molecule has 0 amide bonds. The summed E-state index contributed by atoms with van der Waals surface area (Å²) in [6, 6.07) is 18.1. The van der Waals surface area contributed by atoms with E-state index < -0.39 is 12.0 Å². The molecule has 1 atom stereocenters. The summed E-state index contributed by atoms with van der Waals surface area (Å²) in [5, 5.41) is 0. The molecule has 5 rings (SSSR count). The third-order valence-electron chi connectivity index (χ3n) is 7.48. The van der Waals surface area contributed by atoms with Crippen LogP contribution in [0.4, 0.5) is 0 Å². The largest absolute Gasteiger partial charge is 0.463 e. The lowest BCUT2D eigenvalue weighted by atomic mass is 9.95. The van der Waals surface area contributed by atoms with Crippen LogP contribution in [0.15, 0.2) is 75.7 Å². The number of rotatable bonds is 6. The lowest BCUT2D eigenvalue weighted by Gasteiger charge is -2.24. The minimum Gasteiger partial charge on any atom is -0.463 e. The SMILES string of the molecule is CCOC(=O)C1=C(C)N=c2s/c(=C/c3cc(C)n(-c4ccc(C(C)C)cc4)c3C)c(=O)n2[C@@H]1c1ccc(C)cc1. The zero-order chi connectivity index (χ0) is 28.7. The van der Waals surface area contributed by atoms with E-state index >= 15 is 0 Å². The Hall–Kier alpha value is -3.97. The Kier molecular flexibility index (Phi) is 7.51. The molecule has 2 aromatic heterocycles. The van der Waals surface area contributed by atoms with Crippen LogP contribution in [0.25, 0.3) is 11.8 Å². The Morgan fingerprint density at radius 2 is 1.73 bits per heavy atom. The van der Waals surface area contributed by atoms with Crippen LogP contribution >= 0.6 is 11.3 Å². The van der Waals surface area contributed by atoms with Gasteiger partial charge in [0.15, 0.2) is 4.80 Å². The molecule has 0 N–H and O–H groups in total. The third-order valence-corrected chi connectivity index (χ3v) is 8.47. The van der Waals surface area contributed by atoms with Crippen LogP contribution in [0.5, 0.6) is 0 Å². The fourth-order valence-electron chi connectivity index (χ4n) is 5.34. The standard InChI is InChI=1S/C33H35N3O3S/c1-8-39-32(38)29-22(6)34-33-36(30(29)25-11-9-20(4)10-12-25)31(37)28(40-33)18-26-17-21(5)35(23(26)7)27-15-13-24(14-16-27)19(2)3/h9-19,30H,8H2,1-7H3/b28-18+/t30-/m1/s1. The van der Waals surface area contributed by atoms with E-state index in [2.05, 4.69) is 62.6 Å². The predicted molar refractivity (Wildman–Crippen MR) is 161 cm³/mol. The maximum Gasteiger partial charge on any atom is 0.338 e. The van der Waals surface area contributed by atoms with Gasteiger partial charge in [0.25, 0.3) is 5.56 Å². The number of aromatic nitrogens is 2. The number of carbonyl (C=O) groups is 1. The van der Waals surface area contributed by atoms with Crippen molar-refractivity contribution < 1.29 is 9.53 Å². The highest BCUT2D eigenvalue weighted by Gasteiger charge is 2.33. The van der Waals surface area contributed by atoms with E-state index in [4.69, 9.17) is 9.73 Å². The minimum absolute atomic E-state index is 0.172. The zero-order valence-electron chi connectivity index (χ0n) is 24.1. The van der Waals surface area contributed by atoms with Gasteiger partial charge in [0.1, 0.15) is 0 Å². The molecule has 0 aliphatic carbocycles. The van der Waals surface area contributed by atoms with Crippen molar-refractivity contribution in [2.75, 3.05) is 6.61 Å². The first-order valence-electron chi connectivity index (χ1n) is 13.7. The fourth-order valence-corrected chi connectivity index (χ4v) is 6.37. The summed E-state index contributed by atoms with van der Waals surface area (Å²) in [5.74, 6) is 0.0230. The molecule has 40 heavy (non-hydrogen) atoms. The second-order valence-electron chi connectivity index (χ2n) is 10.6. The zero-order valence-corrected chi connectivity index (χ0v) is 24.9. The molecule has 0 fully saturated rings. The Labute approximate surface area is 238 Å². The van der Waals surface area contributed by atoms with Gasteiger partial charge in [-0.05, 0) is 81.5 Å². The highest BCUT2D eigenvalue weighted by molar-refractivity contribution is 7.07. The number of aryl methyl sites for hydroxylation is 2. The van der Waals surface area contributed by atoms with Crippen LogP contribution < -0.4 is 14.9 Å². The van der Waals surface area contributed by atoms with Crippen LogP contribution in [-0.2, 0) is 9.53 Å². The summed E-state index contributed by atoms with van der Waals surface area (Å²) < 4.78 is 9.83. The second kappa shape index (κ2) is 10.9. The van der Waals surface area contributed by atoms with Crippen molar-refractivity contribution >= 4 is 23.4 Å². The molecule has 4 aromatic rings. The minimum atomic E-state index is -0.607. The normalized spacial score (nSPS) is 15.4. The molecule has 3 heterocycles. The Morgan fingerprint density at radius 1 is 1.05 bits per heavy atom. The number of nitrogens with zero attached hydrogens (tertiary/aromatic N) is 3. The topological polar surface area (TPSA) is 65.6 Å². The summed E-state index contributed by atoms with van der Waals surface area (Å²) in [4.78, 5) is 32.3. The van der Waals surface area contributed by atoms with Gasteiger partial charge in [-0.1, -0.05) is 67.1 Å². The Morgan fingerprint density at radius 3 is 2.35 bits per heavy atom. The molecule has 206 valence electrons. The Balaban J connectivity index is 1.65. The van der Waals surface area contributed by atoms with Crippen molar-refractivity contribution in [3.05, 3.63) is 119 Å². The number of hydrogen-bond donors (Lipinski definition) is 0. The van der Waals surface area contributed by atoms with Gasteiger partial charge in [0.05, 0.1) is 28.5 Å². The van der Waals surface area contributed by atoms with E-state index in [1.165, 1.54) is 16.9 Å². The van der Waals surface area contributed by atoms with Gasteiger partial charge < -0.3 is 9.30 Å². The number of carbonyl (C=O) groups excluding carboxylic acids is 1. The number of thiazole rings is 1. The molecule has 0 bridgehead atoms. The van der Waals surface area contributed by atoms with Crippen LogP contribution in [0, 0.1) is 20.8 Å². The average Bonchev–Trinajstić information content (AvgIpc) is 3.37. The first-order chi connectivity index (χ1) is 19.1. The molecule has 0 saturated carbocycles. The van der Waals surface area contributed by atoms with Crippen molar-refractivity contribution in [1.29, 1.82) is 0 Å². The van der Waals surface area contributed by atoms with E-state index in [9.17, 15) is 9.59 Å². The number of esters is 1. The lowest BCUT2D eigenvalue weighted by molar-refractivity contribution is -0.139. The van der Waals surface area contributed by atoms with E-state index in [-0.39, 0.29) is 12.2 Å². The van der Waals surface area contributed by atoms with Gasteiger partial charge in [0, 0.05) is 17.1 Å². The molecular formula is C33H35N3O3S. The summed E-state index contributed by atoms with van der Waals surface area (Å²) in [6.07, 6.45) is 1.95. The maximum atomic E-state index is 14.0. The quantitative estimate of drug-likeness (QED) is 0.291. The van der Waals surface area contributed by atoms with Crippen LogP contribution in [0.1, 0.15) is 73.3 Å². The molecule has 1 aliphatic heterocycles. The van der Waals surface area contributed by atoms with Crippen molar-refractivity contribution in [3.8, 4) is 5.69 Å².